The molecule has 0 amide bonds. The number of phenols is 1. The highest BCUT2D eigenvalue weighted by atomic mass is 35.5. The number of phenolic OH excluding ortho intramolecular Hbond substituents is 1. The SMILES string of the molecule is CCn1c(SCc2cc3c(cc2Cl)OCO3)nnc1-c1ccc(O)cc1. The zero-order valence-electron chi connectivity index (χ0n) is 14.0. The topological polar surface area (TPSA) is 69.4 Å². The molecule has 134 valence electrons. The van der Waals surface area contributed by atoms with Gasteiger partial charge < -0.3 is 19.1 Å². The summed E-state index contributed by atoms with van der Waals surface area (Å²) in [6.07, 6.45) is 0. The second-order valence-corrected chi connectivity index (χ2v) is 7.03. The van der Waals surface area contributed by atoms with Gasteiger partial charge in [0, 0.05) is 29.0 Å². The summed E-state index contributed by atoms with van der Waals surface area (Å²) in [6, 6.07) is 10.6. The first-order valence-corrected chi connectivity index (χ1v) is 9.45. The van der Waals surface area contributed by atoms with E-state index < -0.39 is 0 Å². The third-order valence-corrected chi connectivity index (χ3v) is 5.42. The van der Waals surface area contributed by atoms with E-state index in [1.165, 1.54) is 0 Å². The number of ether oxygens (including phenoxy) is 2. The standard InChI is InChI=1S/C18H16ClN3O3S/c1-2-22-17(11-3-5-13(23)6-4-11)20-21-18(22)26-9-12-7-15-16(8-14(12)19)25-10-24-15/h3-8,23H,2,9-10H2,1H3. The molecule has 0 unspecified atom stereocenters. The zero-order valence-corrected chi connectivity index (χ0v) is 15.5. The molecule has 1 aliphatic heterocycles. The second-order valence-electron chi connectivity index (χ2n) is 5.68. The minimum atomic E-state index is 0.225. The molecule has 3 aromatic rings. The van der Waals surface area contributed by atoms with Crippen LogP contribution in [0.5, 0.6) is 17.2 Å². The maximum atomic E-state index is 9.46. The molecule has 2 heterocycles. The van der Waals surface area contributed by atoms with E-state index in [0.717, 1.165) is 28.7 Å². The average molecular weight is 390 g/mol. The number of benzene rings is 2. The quantitative estimate of drug-likeness (QED) is 0.654. The van der Waals surface area contributed by atoms with E-state index in [2.05, 4.69) is 10.2 Å². The van der Waals surface area contributed by atoms with E-state index in [0.29, 0.717) is 22.3 Å². The molecule has 0 bridgehead atoms. The molecule has 0 saturated carbocycles. The highest BCUT2D eigenvalue weighted by Crippen LogP contribution is 2.39. The Labute approximate surface area is 159 Å². The Hall–Kier alpha value is -2.38. The predicted molar refractivity (Wildman–Crippen MR) is 99.9 cm³/mol. The number of hydrogen-bond acceptors (Lipinski definition) is 6. The maximum Gasteiger partial charge on any atom is 0.231 e. The Kier molecular flexibility index (Phi) is 4.65. The lowest BCUT2D eigenvalue weighted by Gasteiger charge is -2.09. The molecule has 1 aliphatic rings. The molecule has 1 aromatic heterocycles. The van der Waals surface area contributed by atoms with Crippen LogP contribution in [0.3, 0.4) is 0 Å². The van der Waals surface area contributed by atoms with Crippen LogP contribution in [0.15, 0.2) is 41.6 Å². The number of aromatic hydroxyl groups is 1. The van der Waals surface area contributed by atoms with Gasteiger partial charge in [0.2, 0.25) is 6.79 Å². The second kappa shape index (κ2) is 7.09. The Morgan fingerprint density at radius 2 is 1.88 bits per heavy atom. The van der Waals surface area contributed by atoms with E-state index >= 15 is 0 Å². The summed E-state index contributed by atoms with van der Waals surface area (Å²) in [6.45, 7) is 3.01. The molecule has 0 aliphatic carbocycles. The van der Waals surface area contributed by atoms with Crippen molar-refractivity contribution in [2.24, 2.45) is 0 Å². The Morgan fingerprint density at radius 1 is 1.15 bits per heavy atom. The Bertz CT molecular complexity index is 944. The van der Waals surface area contributed by atoms with Gasteiger partial charge in [-0.2, -0.15) is 0 Å². The summed E-state index contributed by atoms with van der Waals surface area (Å²) in [5, 5.41) is 19.5. The molecule has 0 saturated heterocycles. The normalized spacial score (nSPS) is 12.5. The summed E-state index contributed by atoms with van der Waals surface area (Å²) in [7, 11) is 0. The van der Waals surface area contributed by atoms with Crippen molar-refractivity contribution in [1.29, 1.82) is 0 Å². The minimum Gasteiger partial charge on any atom is -0.508 e. The van der Waals surface area contributed by atoms with Crippen LogP contribution < -0.4 is 9.47 Å². The number of fused-ring (bicyclic) bond motifs is 1. The fraction of sp³-hybridized carbons (Fsp3) is 0.222. The number of halogens is 1. The monoisotopic (exact) mass is 389 g/mol. The number of nitrogens with zero attached hydrogens (tertiary/aromatic N) is 3. The molecule has 0 radical (unpaired) electrons. The Balaban J connectivity index is 1.57. The summed E-state index contributed by atoms with van der Waals surface area (Å²) in [5.41, 5.74) is 1.86. The van der Waals surface area contributed by atoms with Gasteiger partial charge in [0.1, 0.15) is 5.75 Å². The van der Waals surface area contributed by atoms with Crippen molar-refractivity contribution in [1.82, 2.24) is 14.8 Å². The van der Waals surface area contributed by atoms with Crippen LogP contribution in [0, 0.1) is 0 Å². The third-order valence-electron chi connectivity index (χ3n) is 4.06. The molecule has 4 rings (SSSR count). The van der Waals surface area contributed by atoms with Gasteiger partial charge in [0.25, 0.3) is 0 Å². The average Bonchev–Trinajstić information content (AvgIpc) is 3.26. The molecule has 0 spiro atoms. The summed E-state index contributed by atoms with van der Waals surface area (Å²) in [5.74, 6) is 3.03. The van der Waals surface area contributed by atoms with Gasteiger partial charge >= 0.3 is 0 Å². The maximum absolute atomic E-state index is 9.46. The molecule has 8 heteroatoms. The van der Waals surface area contributed by atoms with E-state index in [4.69, 9.17) is 21.1 Å². The van der Waals surface area contributed by atoms with Gasteiger partial charge in [-0.15, -0.1) is 10.2 Å². The lowest BCUT2D eigenvalue weighted by Crippen LogP contribution is -2.00. The van der Waals surface area contributed by atoms with Crippen molar-refractivity contribution in [2.45, 2.75) is 24.4 Å². The van der Waals surface area contributed by atoms with Crippen molar-refractivity contribution in [3.63, 3.8) is 0 Å². The lowest BCUT2D eigenvalue weighted by molar-refractivity contribution is 0.174. The van der Waals surface area contributed by atoms with Crippen molar-refractivity contribution in [2.75, 3.05) is 6.79 Å². The van der Waals surface area contributed by atoms with Crippen LogP contribution in [-0.4, -0.2) is 26.7 Å². The summed E-state index contributed by atoms with van der Waals surface area (Å²) >= 11 is 7.91. The summed E-state index contributed by atoms with van der Waals surface area (Å²) < 4.78 is 12.8. The van der Waals surface area contributed by atoms with Crippen molar-refractivity contribution in [3.05, 3.63) is 47.0 Å². The van der Waals surface area contributed by atoms with E-state index in [1.54, 1.807) is 30.0 Å². The summed E-state index contributed by atoms with van der Waals surface area (Å²) in [4.78, 5) is 0. The number of aromatic nitrogens is 3. The highest BCUT2D eigenvalue weighted by Gasteiger charge is 2.18. The predicted octanol–water partition coefficient (Wildman–Crippen LogP) is 4.35. The minimum absolute atomic E-state index is 0.225. The molecular formula is C18H16ClN3O3S. The molecule has 1 N–H and O–H groups in total. The number of hydrogen-bond donors (Lipinski definition) is 1. The van der Waals surface area contributed by atoms with Crippen LogP contribution in [0.4, 0.5) is 0 Å². The molecule has 6 nitrogen and oxygen atoms in total. The lowest BCUT2D eigenvalue weighted by atomic mass is 10.2. The highest BCUT2D eigenvalue weighted by molar-refractivity contribution is 7.98. The van der Waals surface area contributed by atoms with Crippen LogP contribution in [0.2, 0.25) is 5.02 Å². The molecule has 0 fully saturated rings. The largest absolute Gasteiger partial charge is 0.508 e. The number of thioether (sulfide) groups is 1. The fourth-order valence-electron chi connectivity index (χ4n) is 2.72. The van der Waals surface area contributed by atoms with Gasteiger partial charge in [-0.1, -0.05) is 23.4 Å². The van der Waals surface area contributed by atoms with Crippen LogP contribution >= 0.6 is 23.4 Å². The first-order chi connectivity index (χ1) is 12.7. The van der Waals surface area contributed by atoms with Crippen molar-refractivity contribution < 1.29 is 14.6 Å². The number of rotatable bonds is 5. The van der Waals surface area contributed by atoms with Crippen LogP contribution in [0.25, 0.3) is 11.4 Å². The van der Waals surface area contributed by atoms with Crippen LogP contribution in [-0.2, 0) is 12.3 Å². The van der Waals surface area contributed by atoms with Crippen molar-refractivity contribution in [3.8, 4) is 28.6 Å². The van der Waals surface area contributed by atoms with Gasteiger partial charge in [0.05, 0.1) is 0 Å². The van der Waals surface area contributed by atoms with Gasteiger partial charge in [-0.3, -0.25) is 0 Å². The molecular weight excluding hydrogens is 374 g/mol. The first kappa shape index (κ1) is 17.1. The molecule has 2 aromatic carbocycles. The van der Waals surface area contributed by atoms with Gasteiger partial charge in [0.15, 0.2) is 22.5 Å². The zero-order chi connectivity index (χ0) is 18.1. The van der Waals surface area contributed by atoms with Gasteiger partial charge in [-0.25, -0.2) is 0 Å². The van der Waals surface area contributed by atoms with Gasteiger partial charge in [-0.05, 0) is 42.8 Å². The first-order valence-electron chi connectivity index (χ1n) is 8.09. The molecule has 26 heavy (non-hydrogen) atoms. The smallest absolute Gasteiger partial charge is 0.231 e. The fourth-order valence-corrected chi connectivity index (χ4v) is 4.01. The van der Waals surface area contributed by atoms with Crippen LogP contribution in [0.1, 0.15) is 12.5 Å². The van der Waals surface area contributed by atoms with Crippen molar-refractivity contribution >= 4 is 23.4 Å². The molecule has 0 atom stereocenters. The van der Waals surface area contributed by atoms with E-state index in [9.17, 15) is 5.11 Å². The third kappa shape index (κ3) is 3.20. The van der Waals surface area contributed by atoms with E-state index in [1.807, 2.05) is 29.7 Å². The van der Waals surface area contributed by atoms with E-state index in [-0.39, 0.29) is 12.5 Å². The Morgan fingerprint density at radius 3 is 2.62 bits per heavy atom.